The van der Waals surface area contributed by atoms with Gasteiger partial charge >= 0.3 is 11.9 Å². The number of nitrogens with zero attached hydrogens (tertiary/aromatic N) is 4. The fourth-order valence-corrected chi connectivity index (χ4v) is 3.98. The van der Waals surface area contributed by atoms with Crippen LogP contribution in [-0.4, -0.2) is 57.4 Å². The molecule has 3 N–H and O–H groups in total. The topological polar surface area (TPSA) is 164 Å². The molecule has 194 valence electrons. The van der Waals surface area contributed by atoms with Crippen molar-refractivity contribution in [1.29, 1.82) is 0 Å². The Morgan fingerprint density at radius 2 is 1.92 bits per heavy atom. The first-order valence-electron chi connectivity index (χ1n) is 11.4. The number of aromatic carboxylic acids is 1. The molecule has 2 aromatic carbocycles. The van der Waals surface area contributed by atoms with Crippen LogP contribution in [0.5, 0.6) is 5.75 Å². The number of aromatic nitrogens is 2. The van der Waals surface area contributed by atoms with Crippen molar-refractivity contribution in [1.82, 2.24) is 9.97 Å². The fourth-order valence-electron chi connectivity index (χ4n) is 3.98. The van der Waals surface area contributed by atoms with Gasteiger partial charge in [-0.2, -0.15) is 0 Å². The van der Waals surface area contributed by atoms with Gasteiger partial charge in [0.25, 0.3) is 0 Å². The Morgan fingerprint density at radius 3 is 2.63 bits per heavy atom. The SMILES string of the molecule is O=C(O)c1cc(Nc2nc(C=Cc3ccc([N+](=O)[O-])o3)nc3cc(F)c(N4CCOCC4)cc23)ccc1O. The Bertz CT molecular complexity index is 1580. The Balaban J connectivity index is 1.59. The molecule has 0 saturated carbocycles. The number of carbonyl (C=O) groups is 1. The highest BCUT2D eigenvalue weighted by molar-refractivity contribution is 5.96. The third kappa shape index (κ3) is 5.08. The van der Waals surface area contributed by atoms with Crippen LogP contribution in [0.25, 0.3) is 23.1 Å². The Hall–Kier alpha value is -5.04. The zero-order valence-corrected chi connectivity index (χ0v) is 19.6. The summed E-state index contributed by atoms with van der Waals surface area (Å²) in [4.78, 5) is 32.5. The average molecular weight is 521 g/mol. The first kappa shape index (κ1) is 24.6. The van der Waals surface area contributed by atoms with Crippen molar-refractivity contribution in [3.63, 3.8) is 0 Å². The number of carboxylic acid groups (broad SMARTS) is 1. The van der Waals surface area contributed by atoms with Crippen LogP contribution in [-0.2, 0) is 4.74 Å². The molecule has 0 amide bonds. The molecule has 0 aliphatic carbocycles. The van der Waals surface area contributed by atoms with Crippen molar-refractivity contribution in [2.75, 3.05) is 36.5 Å². The molecule has 0 unspecified atom stereocenters. The number of anilines is 3. The monoisotopic (exact) mass is 521 g/mol. The summed E-state index contributed by atoms with van der Waals surface area (Å²) in [6.45, 7) is 1.92. The molecule has 2 aromatic heterocycles. The predicted molar refractivity (Wildman–Crippen MR) is 135 cm³/mol. The van der Waals surface area contributed by atoms with E-state index in [1.165, 1.54) is 48.6 Å². The first-order chi connectivity index (χ1) is 18.3. The maximum Gasteiger partial charge on any atom is 0.433 e. The molecule has 0 spiro atoms. The van der Waals surface area contributed by atoms with Gasteiger partial charge in [0.05, 0.1) is 30.5 Å². The molecule has 5 rings (SSSR count). The van der Waals surface area contributed by atoms with E-state index in [1.807, 2.05) is 4.90 Å². The number of hydrogen-bond donors (Lipinski definition) is 3. The highest BCUT2D eigenvalue weighted by atomic mass is 19.1. The number of nitrogens with one attached hydrogen (secondary N) is 1. The second-order valence-corrected chi connectivity index (χ2v) is 8.28. The van der Waals surface area contributed by atoms with Crippen molar-refractivity contribution in [3.05, 3.63) is 75.5 Å². The number of morpholine rings is 1. The molecule has 0 radical (unpaired) electrons. The maximum absolute atomic E-state index is 15.2. The van der Waals surface area contributed by atoms with Gasteiger partial charge in [-0.1, -0.05) is 0 Å². The number of aromatic hydroxyl groups is 1. The van der Waals surface area contributed by atoms with E-state index in [4.69, 9.17) is 9.15 Å². The number of rotatable bonds is 7. The van der Waals surface area contributed by atoms with Gasteiger partial charge in [0, 0.05) is 30.2 Å². The predicted octanol–water partition coefficient (Wildman–Crippen LogP) is 4.42. The van der Waals surface area contributed by atoms with Crippen molar-refractivity contribution < 1.29 is 33.5 Å². The van der Waals surface area contributed by atoms with Gasteiger partial charge < -0.3 is 29.6 Å². The van der Waals surface area contributed by atoms with E-state index in [0.717, 1.165) is 0 Å². The van der Waals surface area contributed by atoms with E-state index in [2.05, 4.69) is 15.3 Å². The standard InChI is InChI=1S/C25H20FN5O7/c26-18-13-19-16(12-20(18)30-7-9-37-10-8-30)24(27-14-1-4-21(32)17(11-14)25(33)34)29-22(28-19)5-2-15-3-6-23(38-15)31(35)36/h1-6,11-13,32H,7-10H2,(H,33,34)(H,27,28,29). The Labute approximate surface area is 213 Å². The van der Waals surface area contributed by atoms with Gasteiger partial charge in [-0.05, 0) is 42.5 Å². The molecular weight excluding hydrogens is 501 g/mol. The highest BCUT2D eigenvalue weighted by Crippen LogP contribution is 2.32. The normalized spacial score (nSPS) is 13.8. The zero-order valence-electron chi connectivity index (χ0n) is 19.6. The molecule has 1 aliphatic rings. The van der Waals surface area contributed by atoms with Crippen LogP contribution in [0.15, 0.2) is 46.9 Å². The summed E-state index contributed by atoms with van der Waals surface area (Å²) in [5.74, 6) is -2.06. The number of benzene rings is 2. The number of furan rings is 1. The minimum atomic E-state index is -1.31. The fraction of sp³-hybridized carbons (Fsp3) is 0.160. The molecule has 13 heteroatoms. The third-order valence-corrected chi connectivity index (χ3v) is 5.81. The average Bonchev–Trinajstić information content (AvgIpc) is 3.38. The molecule has 1 fully saturated rings. The molecular formula is C25H20FN5O7. The van der Waals surface area contributed by atoms with E-state index in [9.17, 15) is 25.1 Å². The van der Waals surface area contributed by atoms with Gasteiger partial charge in [0.15, 0.2) is 5.82 Å². The molecule has 0 atom stereocenters. The summed E-state index contributed by atoms with van der Waals surface area (Å²) in [5, 5.41) is 33.6. The molecule has 4 aromatic rings. The van der Waals surface area contributed by atoms with E-state index in [0.29, 0.717) is 43.1 Å². The van der Waals surface area contributed by atoms with Crippen LogP contribution in [0, 0.1) is 15.9 Å². The highest BCUT2D eigenvalue weighted by Gasteiger charge is 2.19. The Morgan fingerprint density at radius 1 is 1.13 bits per heavy atom. The molecule has 3 heterocycles. The minimum absolute atomic E-state index is 0.134. The number of nitro groups is 1. The number of ether oxygens (including phenoxy) is 1. The van der Waals surface area contributed by atoms with Gasteiger partial charge in [-0.25, -0.2) is 19.2 Å². The van der Waals surface area contributed by atoms with Crippen LogP contribution in [0.3, 0.4) is 0 Å². The molecule has 0 bridgehead atoms. The molecule has 38 heavy (non-hydrogen) atoms. The first-order valence-corrected chi connectivity index (χ1v) is 11.4. The lowest BCUT2D eigenvalue weighted by Crippen LogP contribution is -2.36. The lowest BCUT2D eigenvalue weighted by atomic mass is 10.1. The largest absolute Gasteiger partial charge is 0.507 e. The lowest BCUT2D eigenvalue weighted by Gasteiger charge is -2.29. The second-order valence-electron chi connectivity index (χ2n) is 8.28. The van der Waals surface area contributed by atoms with Gasteiger partial charge in [0.1, 0.15) is 33.6 Å². The lowest BCUT2D eigenvalue weighted by molar-refractivity contribution is -0.402. The molecule has 12 nitrogen and oxygen atoms in total. The smallest absolute Gasteiger partial charge is 0.433 e. The summed E-state index contributed by atoms with van der Waals surface area (Å²) in [5.41, 5.74) is 0.608. The van der Waals surface area contributed by atoms with Crippen LogP contribution < -0.4 is 10.2 Å². The van der Waals surface area contributed by atoms with Crippen molar-refractivity contribution in [2.45, 2.75) is 0 Å². The van der Waals surface area contributed by atoms with Gasteiger partial charge in [0.2, 0.25) is 0 Å². The zero-order chi connectivity index (χ0) is 26.8. The minimum Gasteiger partial charge on any atom is -0.507 e. The van der Waals surface area contributed by atoms with Crippen LogP contribution in [0.4, 0.5) is 27.5 Å². The van der Waals surface area contributed by atoms with Crippen molar-refractivity contribution in [3.8, 4) is 5.75 Å². The van der Waals surface area contributed by atoms with Crippen LogP contribution >= 0.6 is 0 Å². The van der Waals surface area contributed by atoms with E-state index in [-0.39, 0.29) is 28.5 Å². The summed E-state index contributed by atoms with van der Waals surface area (Å²) in [6.07, 6.45) is 2.87. The number of hydrogen-bond acceptors (Lipinski definition) is 10. The van der Waals surface area contributed by atoms with E-state index in [1.54, 1.807) is 6.07 Å². The number of carboxylic acids is 1. The van der Waals surface area contributed by atoms with Gasteiger partial charge in [-0.15, -0.1) is 0 Å². The summed E-state index contributed by atoms with van der Waals surface area (Å²) in [6, 6.07) is 9.46. The summed E-state index contributed by atoms with van der Waals surface area (Å²) < 4.78 is 25.6. The summed E-state index contributed by atoms with van der Waals surface area (Å²) >= 11 is 0. The van der Waals surface area contributed by atoms with Crippen molar-refractivity contribution in [2.24, 2.45) is 0 Å². The number of fused-ring (bicyclic) bond motifs is 1. The second kappa shape index (κ2) is 10.1. The third-order valence-electron chi connectivity index (χ3n) is 5.81. The van der Waals surface area contributed by atoms with E-state index >= 15 is 4.39 Å². The molecule has 1 aliphatic heterocycles. The quantitative estimate of drug-likeness (QED) is 0.179. The Kier molecular flexibility index (Phi) is 6.58. The molecule has 1 saturated heterocycles. The summed E-state index contributed by atoms with van der Waals surface area (Å²) in [7, 11) is 0. The number of phenols is 1. The van der Waals surface area contributed by atoms with Crippen molar-refractivity contribution >= 4 is 52.1 Å². The van der Waals surface area contributed by atoms with Crippen LogP contribution in [0.1, 0.15) is 21.9 Å². The number of halogens is 1. The van der Waals surface area contributed by atoms with Gasteiger partial charge in [-0.3, -0.25) is 10.1 Å². The van der Waals surface area contributed by atoms with Crippen LogP contribution in [0.2, 0.25) is 0 Å². The van der Waals surface area contributed by atoms with E-state index < -0.39 is 28.3 Å². The maximum atomic E-state index is 15.2.